The van der Waals surface area contributed by atoms with Gasteiger partial charge in [0, 0.05) is 12.1 Å². The van der Waals surface area contributed by atoms with E-state index in [1.54, 1.807) is 6.07 Å². The Balaban J connectivity index is 2.52. The van der Waals surface area contributed by atoms with Crippen LogP contribution in [0.15, 0.2) is 18.2 Å². The van der Waals surface area contributed by atoms with E-state index in [9.17, 15) is 4.79 Å². The van der Waals surface area contributed by atoms with Crippen LogP contribution in [0.5, 0.6) is 5.75 Å². The van der Waals surface area contributed by atoms with Gasteiger partial charge in [-0.3, -0.25) is 4.79 Å². The second-order valence-electron chi connectivity index (χ2n) is 2.70. The summed E-state index contributed by atoms with van der Waals surface area (Å²) < 4.78 is 5.24. The van der Waals surface area contributed by atoms with E-state index >= 15 is 0 Å². The lowest BCUT2D eigenvalue weighted by Gasteiger charge is -2.19. The van der Waals surface area contributed by atoms with Crippen LogP contribution >= 0.6 is 12.2 Å². The van der Waals surface area contributed by atoms with Crippen molar-refractivity contribution >= 4 is 23.7 Å². The van der Waals surface area contributed by atoms with Gasteiger partial charge in [-0.2, -0.15) is 0 Å². The zero-order chi connectivity index (χ0) is 9.26. The Hall–Kier alpha value is -1.42. The number of nitrogens with one attached hydrogen (secondary N) is 1. The zero-order valence-electron chi connectivity index (χ0n) is 6.74. The van der Waals surface area contributed by atoms with E-state index in [0.717, 1.165) is 11.8 Å². The van der Waals surface area contributed by atoms with Crippen molar-refractivity contribution in [3.63, 3.8) is 0 Å². The largest absolute Gasteiger partial charge is 0.431 e. The molecule has 1 heterocycles. The summed E-state index contributed by atoms with van der Waals surface area (Å²) >= 11 is 4.84. The van der Waals surface area contributed by atoms with Crippen LogP contribution < -0.4 is 10.1 Å². The average Bonchev–Trinajstić information content (AvgIpc) is 2.17. The van der Waals surface area contributed by atoms with E-state index in [4.69, 9.17) is 17.0 Å². The predicted molar refractivity (Wildman–Crippen MR) is 51.9 cm³/mol. The Morgan fingerprint density at radius 3 is 3.15 bits per heavy atom. The lowest BCUT2D eigenvalue weighted by Crippen LogP contribution is -2.31. The lowest BCUT2D eigenvalue weighted by atomic mass is 10.1. The number of rotatable bonds is 1. The van der Waals surface area contributed by atoms with Gasteiger partial charge in [-0.05, 0) is 18.3 Å². The third kappa shape index (κ3) is 1.40. The summed E-state index contributed by atoms with van der Waals surface area (Å²) in [5, 5.41) is 3.20. The van der Waals surface area contributed by atoms with Crippen LogP contribution in [0.4, 0.5) is 0 Å². The normalized spacial score (nSPS) is 14.0. The van der Waals surface area contributed by atoms with Crippen molar-refractivity contribution in [1.29, 1.82) is 0 Å². The summed E-state index contributed by atoms with van der Waals surface area (Å²) in [6.45, 7) is 0.621. The molecule has 2 rings (SSSR count). The molecule has 0 amide bonds. The standard InChI is InChI=1S/C9H7NO2S/c11-5-7-3-1-2-6-4-10-9(13)12-8(6)7/h1-3,5H,4H2,(H,10,13). The van der Waals surface area contributed by atoms with Crippen LogP contribution in [0.2, 0.25) is 0 Å². The molecule has 66 valence electrons. The molecule has 1 aromatic carbocycles. The Labute approximate surface area is 80.7 Å². The number of carbonyl (C=O) groups is 1. The lowest BCUT2D eigenvalue weighted by molar-refractivity contribution is 0.112. The van der Waals surface area contributed by atoms with Crippen molar-refractivity contribution < 1.29 is 9.53 Å². The predicted octanol–water partition coefficient (Wildman–Crippen LogP) is 1.27. The van der Waals surface area contributed by atoms with Gasteiger partial charge in [0.2, 0.25) is 0 Å². The Morgan fingerprint density at radius 1 is 1.54 bits per heavy atom. The first-order chi connectivity index (χ1) is 6.31. The molecule has 0 unspecified atom stereocenters. The molecule has 0 aliphatic carbocycles. The van der Waals surface area contributed by atoms with Gasteiger partial charge in [0.05, 0.1) is 5.56 Å². The third-order valence-corrected chi connectivity index (χ3v) is 2.10. The van der Waals surface area contributed by atoms with E-state index in [1.807, 2.05) is 12.1 Å². The van der Waals surface area contributed by atoms with E-state index in [-0.39, 0.29) is 0 Å². The van der Waals surface area contributed by atoms with Crippen LogP contribution in [0.25, 0.3) is 0 Å². The maximum atomic E-state index is 10.6. The molecule has 13 heavy (non-hydrogen) atoms. The average molecular weight is 193 g/mol. The molecule has 1 N–H and O–H groups in total. The monoisotopic (exact) mass is 193 g/mol. The first-order valence-corrected chi connectivity index (χ1v) is 4.25. The first kappa shape index (κ1) is 8.19. The highest BCUT2D eigenvalue weighted by Gasteiger charge is 2.16. The van der Waals surface area contributed by atoms with Crippen molar-refractivity contribution in [3.8, 4) is 5.75 Å². The second-order valence-corrected chi connectivity index (χ2v) is 3.07. The van der Waals surface area contributed by atoms with Gasteiger partial charge in [0.1, 0.15) is 5.75 Å². The Kier molecular flexibility index (Phi) is 1.98. The number of benzene rings is 1. The summed E-state index contributed by atoms with van der Waals surface area (Å²) in [7, 11) is 0. The van der Waals surface area contributed by atoms with Crippen LogP contribution in [-0.4, -0.2) is 11.5 Å². The number of para-hydroxylation sites is 1. The molecule has 1 aliphatic heterocycles. The quantitative estimate of drug-likeness (QED) is 0.538. The van der Waals surface area contributed by atoms with Crippen LogP contribution in [0.3, 0.4) is 0 Å². The minimum Gasteiger partial charge on any atom is -0.431 e. The van der Waals surface area contributed by atoms with Gasteiger partial charge < -0.3 is 10.1 Å². The van der Waals surface area contributed by atoms with Crippen LogP contribution in [0.1, 0.15) is 15.9 Å². The molecule has 0 radical (unpaired) electrons. The number of fused-ring (bicyclic) bond motifs is 1. The molecule has 0 spiro atoms. The molecule has 0 saturated carbocycles. The molecular formula is C9H7NO2S. The summed E-state index contributed by atoms with van der Waals surface area (Å²) in [5.41, 5.74) is 1.50. The number of hydrogen-bond acceptors (Lipinski definition) is 3. The number of hydrogen-bond donors (Lipinski definition) is 1. The molecule has 4 heteroatoms. The van der Waals surface area contributed by atoms with Crippen molar-refractivity contribution in [2.24, 2.45) is 0 Å². The number of carbonyl (C=O) groups excluding carboxylic acids is 1. The fourth-order valence-corrected chi connectivity index (χ4v) is 1.41. The molecule has 0 fully saturated rings. The summed E-state index contributed by atoms with van der Waals surface area (Å²) in [6.07, 6.45) is 0.771. The van der Waals surface area contributed by atoms with Crippen LogP contribution in [-0.2, 0) is 6.54 Å². The van der Waals surface area contributed by atoms with Crippen molar-refractivity contribution in [3.05, 3.63) is 29.3 Å². The first-order valence-electron chi connectivity index (χ1n) is 3.84. The van der Waals surface area contributed by atoms with Gasteiger partial charge >= 0.3 is 0 Å². The molecule has 0 atom stereocenters. The Bertz CT molecular complexity index is 376. The van der Waals surface area contributed by atoms with Crippen molar-refractivity contribution in [2.75, 3.05) is 0 Å². The fourth-order valence-electron chi connectivity index (χ4n) is 1.26. The smallest absolute Gasteiger partial charge is 0.262 e. The SMILES string of the molecule is O=Cc1cccc2c1OC(=S)NC2. The number of ether oxygens (including phenoxy) is 1. The third-order valence-electron chi connectivity index (χ3n) is 1.87. The van der Waals surface area contributed by atoms with Crippen molar-refractivity contribution in [1.82, 2.24) is 5.32 Å². The van der Waals surface area contributed by atoms with E-state index in [2.05, 4.69) is 5.32 Å². The van der Waals surface area contributed by atoms with Crippen molar-refractivity contribution in [2.45, 2.75) is 6.54 Å². The molecule has 0 saturated heterocycles. The van der Waals surface area contributed by atoms with E-state index < -0.39 is 0 Å². The van der Waals surface area contributed by atoms with Gasteiger partial charge in [0.25, 0.3) is 5.17 Å². The van der Waals surface area contributed by atoms with Crippen LogP contribution in [0, 0.1) is 0 Å². The maximum Gasteiger partial charge on any atom is 0.262 e. The number of aldehydes is 1. The van der Waals surface area contributed by atoms with E-state index in [0.29, 0.717) is 23.0 Å². The zero-order valence-corrected chi connectivity index (χ0v) is 7.56. The van der Waals surface area contributed by atoms with Gasteiger partial charge in [0.15, 0.2) is 6.29 Å². The van der Waals surface area contributed by atoms with Gasteiger partial charge in [-0.1, -0.05) is 12.1 Å². The highest BCUT2D eigenvalue weighted by molar-refractivity contribution is 7.80. The molecule has 0 bridgehead atoms. The Morgan fingerprint density at radius 2 is 2.38 bits per heavy atom. The maximum absolute atomic E-state index is 10.6. The van der Waals surface area contributed by atoms with Gasteiger partial charge in [-0.25, -0.2) is 0 Å². The highest BCUT2D eigenvalue weighted by Crippen LogP contribution is 2.25. The van der Waals surface area contributed by atoms with E-state index in [1.165, 1.54) is 0 Å². The molecular weight excluding hydrogens is 186 g/mol. The summed E-state index contributed by atoms with van der Waals surface area (Å²) in [6, 6.07) is 5.43. The fraction of sp³-hybridized carbons (Fsp3) is 0.111. The molecule has 1 aromatic rings. The minimum atomic E-state index is 0.321. The second kappa shape index (κ2) is 3.14. The van der Waals surface area contributed by atoms with Gasteiger partial charge in [-0.15, -0.1) is 0 Å². The number of thiocarbonyl (C=S) groups is 1. The topological polar surface area (TPSA) is 38.3 Å². The molecule has 3 nitrogen and oxygen atoms in total. The summed E-state index contributed by atoms with van der Waals surface area (Å²) in [4.78, 5) is 10.6. The molecule has 1 aliphatic rings. The minimum absolute atomic E-state index is 0.321. The molecule has 0 aromatic heterocycles. The summed E-state index contributed by atoms with van der Waals surface area (Å²) in [5.74, 6) is 0.584. The highest BCUT2D eigenvalue weighted by atomic mass is 32.1.